The van der Waals surface area contributed by atoms with Crippen LogP contribution in [-0.2, 0) is 9.53 Å². The van der Waals surface area contributed by atoms with Crippen molar-refractivity contribution in [3.8, 4) is 0 Å². The number of ether oxygens (including phenoxy) is 1. The Balaban J connectivity index is 3.15. The third kappa shape index (κ3) is 15.8. The molecular weight excluding hydrogens is 280 g/mol. The quantitative estimate of drug-likeness (QED) is 0.334. The van der Waals surface area contributed by atoms with Gasteiger partial charge in [0, 0.05) is 6.42 Å². The van der Waals surface area contributed by atoms with E-state index in [2.05, 4.69) is 6.92 Å². The molecule has 0 aliphatic heterocycles. The highest BCUT2D eigenvalue weighted by atomic mass is 16.5. The van der Waals surface area contributed by atoms with Crippen molar-refractivity contribution in [2.75, 3.05) is 13.2 Å². The second-order valence-electron chi connectivity index (χ2n) is 6.16. The molecule has 0 amide bonds. The maximum Gasteiger partial charge on any atom is 0.305 e. The van der Waals surface area contributed by atoms with Crippen molar-refractivity contribution in [1.29, 1.82) is 0 Å². The number of aliphatic hydroxyl groups is 2. The molecule has 2 N–H and O–H groups in total. The fraction of sp³-hybridized carbons (Fsp3) is 0.944. The minimum atomic E-state index is -0.953. The minimum absolute atomic E-state index is 0.104. The standard InChI is InChI=1S/C18H36O4/c1-2-3-4-5-6-7-8-9-10-11-12-13-14-18(21)22-16-17(20)15-19/h17,19-20H,2-16H2,1H3. The number of carbonyl (C=O) groups excluding carboxylic acids is 1. The second-order valence-corrected chi connectivity index (χ2v) is 6.16. The molecule has 0 aromatic rings. The second kappa shape index (κ2) is 16.8. The lowest BCUT2D eigenvalue weighted by atomic mass is 10.0. The zero-order valence-electron chi connectivity index (χ0n) is 14.4. The van der Waals surface area contributed by atoms with Gasteiger partial charge in [0.2, 0.25) is 0 Å². The summed E-state index contributed by atoms with van der Waals surface area (Å²) in [7, 11) is 0. The van der Waals surface area contributed by atoms with Crippen molar-refractivity contribution >= 4 is 5.97 Å². The van der Waals surface area contributed by atoms with Crippen molar-refractivity contribution in [3.05, 3.63) is 0 Å². The van der Waals surface area contributed by atoms with Gasteiger partial charge in [-0.25, -0.2) is 0 Å². The van der Waals surface area contributed by atoms with Gasteiger partial charge in [0.25, 0.3) is 0 Å². The zero-order chi connectivity index (χ0) is 16.5. The van der Waals surface area contributed by atoms with Crippen LogP contribution in [0.15, 0.2) is 0 Å². The molecule has 0 heterocycles. The molecule has 0 saturated carbocycles. The Bertz CT molecular complexity index is 243. The lowest BCUT2D eigenvalue weighted by Crippen LogP contribution is -2.21. The largest absolute Gasteiger partial charge is 0.463 e. The molecule has 0 aliphatic rings. The third-order valence-corrected chi connectivity index (χ3v) is 3.88. The molecule has 0 spiro atoms. The summed E-state index contributed by atoms with van der Waals surface area (Å²) in [5, 5.41) is 17.6. The van der Waals surface area contributed by atoms with Crippen LogP contribution >= 0.6 is 0 Å². The summed E-state index contributed by atoms with van der Waals surface area (Å²) in [5.74, 6) is -0.278. The number of aliphatic hydroxyl groups excluding tert-OH is 2. The highest BCUT2D eigenvalue weighted by Gasteiger charge is 2.07. The number of carbonyl (C=O) groups is 1. The molecule has 0 saturated heterocycles. The lowest BCUT2D eigenvalue weighted by Gasteiger charge is -2.08. The molecule has 1 atom stereocenters. The van der Waals surface area contributed by atoms with Gasteiger partial charge in [0.15, 0.2) is 0 Å². The first-order valence-electron chi connectivity index (χ1n) is 9.15. The van der Waals surface area contributed by atoms with E-state index in [1.54, 1.807) is 0 Å². The Morgan fingerprint density at radius 1 is 0.864 bits per heavy atom. The van der Waals surface area contributed by atoms with Crippen LogP contribution in [0, 0.1) is 0 Å². The third-order valence-electron chi connectivity index (χ3n) is 3.88. The van der Waals surface area contributed by atoms with Crippen LogP contribution in [0.4, 0.5) is 0 Å². The van der Waals surface area contributed by atoms with E-state index in [4.69, 9.17) is 14.9 Å². The molecular formula is C18H36O4. The van der Waals surface area contributed by atoms with Gasteiger partial charge in [-0.2, -0.15) is 0 Å². The molecule has 0 radical (unpaired) electrons. The van der Waals surface area contributed by atoms with Gasteiger partial charge in [-0.05, 0) is 6.42 Å². The molecule has 0 bridgehead atoms. The van der Waals surface area contributed by atoms with Crippen LogP contribution in [0.2, 0.25) is 0 Å². The van der Waals surface area contributed by atoms with E-state index < -0.39 is 6.10 Å². The minimum Gasteiger partial charge on any atom is -0.463 e. The van der Waals surface area contributed by atoms with E-state index in [1.165, 1.54) is 64.2 Å². The summed E-state index contributed by atoms with van der Waals surface area (Å²) in [5.41, 5.74) is 0. The van der Waals surface area contributed by atoms with E-state index in [-0.39, 0.29) is 19.2 Å². The SMILES string of the molecule is CCCCCCCCCCCCCCC(=O)OCC(O)CO. The van der Waals surface area contributed by atoms with Crippen LogP contribution < -0.4 is 0 Å². The Morgan fingerprint density at radius 2 is 1.32 bits per heavy atom. The highest BCUT2D eigenvalue weighted by Crippen LogP contribution is 2.12. The number of unbranched alkanes of at least 4 members (excludes halogenated alkanes) is 11. The average molecular weight is 316 g/mol. The summed E-state index contributed by atoms with van der Waals surface area (Å²) in [4.78, 5) is 11.3. The van der Waals surface area contributed by atoms with Gasteiger partial charge in [-0.3, -0.25) is 4.79 Å². The molecule has 0 aromatic carbocycles. The first kappa shape index (κ1) is 21.4. The van der Waals surface area contributed by atoms with Crippen molar-refractivity contribution in [2.45, 2.75) is 96.5 Å². The number of rotatable bonds is 16. The highest BCUT2D eigenvalue weighted by molar-refractivity contribution is 5.69. The van der Waals surface area contributed by atoms with Crippen LogP contribution in [-0.4, -0.2) is 35.5 Å². The van der Waals surface area contributed by atoms with Crippen LogP contribution in [0.25, 0.3) is 0 Å². The van der Waals surface area contributed by atoms with Crippen LogP contribution in [0.5, 0.6) is 0 Å². The Labute approximate surface area is 136 Å². The van der Waals surface area contributed by atoms with E-state index >= 15 is 0 Å². The van der Waals surface area contributed by atoms with Gasteiger partial charge >= 0.3 is 5.97 Å². The molecule has 0 fully saturated rings. The van der Waals surface area contributed by atoms with Crippen LogP contribution in [0.1, 0.15) is 90.4 Å². The average Bonchev–Trinajstić information content (AvgIpc) is 2.53. The van der Waals surface area contributed by atoms with Gasteiger partial charge in [-0.1, -0.05) is 77.6 Å². The van der Waals surface area contributed by atoms with Gasteiger partial charge in [0.05, 0.1) is 6.61 Å². The molecule has 0 rings (SSSR count). The monoisotopic (exact) mass is 316 g/mol. The number of esters is 1. The molecule has 0 aliphatic carbocycles. The summed E-state index contributed by atoms with van der Waals surface area (Å²) < 4.78 is 4.85. The first-order valence-corrected chi connectivity index (χ1v) is 9.15. The fourth-order valence-electron chi connectivity index (χ4n) is 2.42. The Kier molecular flexibility index (Phi) is 16.3. The topological polar surface area (TPSA) is 66.8 Å². The maximum atomic E-state index is 11.3. The Morgan fingerprint density at radius 3 is 1.77 bits per heavy atom. The molecule has 4 heteroatoms. The van der Waals surface area contributed by atoms with Crippen molar-refractivity contribution < 1.29 is 19.7 Å². The summed E-state index contributed by atoms with van der Waals surface area (Å²) in [6, 6.07) is 0. The molecule has 1 unspecified atom stereocenters. The fourth-order valence-corrected chi connectivity index (χ4v) is 2.42. The molecule has 0 aromatic heterocycles. The summed E-state index contributed by atoms with van der Waals surface area (Å²) in [6.45, 7) is 1.78. The van der Waals surface area contributed by atoms with Crippen molar-refractivity contribution in [1.82, 2.24) is 0 Å². The predicted molar refractivity (Wildman–Crippen MR) is 89.7 cm³/mol. The smallest absolute Gasteiger partial charge is 0.305 e. The molecule has 132 valence electrons. The zero-order valence-corrected chi connectivity index (χ0v) is 14.4. The Hall–Kier alpha value is -0.610. The van der Waals surface area contributed by atoms with Gasteiger partial charge in [0.1, 0.15) is 12.7 Å². The van der Waals surface area contributed by atoms with Crippen molar-refractivity contribution in [2.24, 2.45) is 0 Å². The summed E-state index contributed by atoms with van der Waals surface area (Å²) >= 11 is 0. The first-order chi connectivity index (χ1) is 10.7. The normalized spacial score (nSPS) is 12.3. The van der Waals surface area contributed by atoms with E-state index in [0.717, 1.165) is 12.8 Å². The lowest BCUT2D eigenvalue weighted by molar-refractivity contribution is -0.147. The van der Waals surface area contributed by atoms with Crippen molar-refractivity contribution in [3.63, 3.8) is 0 Å². The molecule has 4 nitrogen and oxygen atoms in total. The maximum absolute atomic E-state index is 11.3. The number of hydrogen-bond donors (Lipinski definition) is 2. The van der Waals surface area contributed by atoms with Gasteiger partial charge < -0.3 is 14.9 Å². The molecule has 22 heavy (non-hydrogen) atoms. The summed E-state index contributed by atoms with van der Waals surface area (Å²) in [6.07, 6.45) is 14.7. The van der Waals surface area contributed by atoms with E-state index in [0.29, 0.717) is 6.42 Å². The van der Waals surface area contributed by atoms with E-state index in [1.807, 2.05) is 0 Å². The van der Waals surface area contributed by atoms with E-state index in [9.17, 15) is 4.79 Å². The number of hydrogen-bond acceptors (Lipinski definition) is 4. The van der Waals surface area contributed by atoms with Gasteiger partial charge in [-0.15, -0.1) is 0 Å². The van der Waals surface area contributed by atoms with Crippen LogP contribution in [0.3, 0.4) is 0 Å². The predicted octanol–water partition coefficient (Wildman–Crippen LogP) is 3.97.